The number of nitrogens with two attached hydrogens (primary N) is 1. The molecule has 5 nitrogen and oxygen atoms in total. The maximum Gasteiger partial charge on any atom is 0.154 e. The van der Waals surface area contributed by atoms with Gasteiger partial charge < -0.3 is 15.8 Å². The minimum atomic E-state index is 0. The monoisotopic (exact) mass is 556 g/mol. The summed E-state index contributed by atoms with van der Waals surface area (Å²) < 4.78 is 6.08. The van der Waals surface area contributed by atoms with Crippen molar-refractivity contribution < 1.29 is 4.74 Å². The molecule has 1 saturated carbocycles. The van der Waals surface area contributed by atoms with Crippen molar-refractivity contribution in [3.63, 3.8) is 0 Å². The van der Waals surface area contributed by atoms with Crippen LogP contribution in [0.4, 0.5) is 5.82 Å². The summed E-state index contributed by atoms with van der Waals surface area (Å²) in [4.78, 5) is 9.66. The average molecular weight is 558 g/mol. The zero-order valence-electron chi connectivity index (χ0n) is 20.3. The molecule has 194 valence electrons. The van der Waals surface area contributed by atoms with E-state index in [0.717, 1.165) is 46.4 Å². The van der Waals surface area contributed by atoms with E-state index in [1.165, 1.54) is 12.8 Å². The fourth-order valence-corrected chi connectivity index (χ4v) is 4.53. The second kappa shape index (κ2) is 13.6. The van der Waals surface area contributed by atoms with Gasteiger partial charge in [-0.05, 0) is 60.4 Å². The Morgan fingerprint density at radius 1 is 0.919 bits per heavy atom. The number of fused-ring (bicyclic) bond motifs is 1. The van der Waals surface area contributed by atoms with Crippen molar-refractivity contribution in [2.45, 2.75) is 44.4 Å². The predicted molar refractivity (Wildman–Crippen MR) is 159 cm³/mol. The lowest BCUT2D eigenvalue weighted by atomic mass is 9.91. The van der Waals surface area contributed by atoms with Crippen LogP contribution >= 0.6 is 36.4 Å². The smallest absolute Gasteiger partial charge is 0.154 e. The van der Waals surface area contributed by atoms with Gasteiger partial charge in [0.15, 0.2) is 5.82 Å². The van der Waals surface area contributed by atoms with Crippen LogP contribution in [-0.2, 0) is 6.61 Å². The van der Waals surface area contributed by atoms with Gasteiger partial charge in [0.25, 0.3) is 0 Å². The van der Waals surface area contributed by atoms with E-state index < -0.39 is 0 Å². The topological polar surface area (TPSA) is 73.1 Å². The van der Waals surface area contributed by atoms with Gasteiger partial charge in [-0.2, -0.15) is 0 Å². The number of hydrogen-bond donors (Lipinski definition) is 2. The molecule has 4 aromatic rings. The van der Waals surface area contributed by atoms with Gasteiger partial charge in [0.05, 0.1) is 5.52 Å². The molecule has 1 heterocycles. The number of ether oxygens (including phenoxy) is 1. The van der Waals surface area contributed by atoms with Crippen LogP contribution in [0.2, 0.25) is 5.02 Å². The first-order valence-corrected chi connectivity index (χ1v) is 12.5. The Balaban J connectivity index is 0.00000190. The summed E-state index contributed by atoms with van der Waals surface area (Å²) in [7, 11) is 0. The highest BCUT2D eigenvalue weighted by Gasteiger charge is 2.23. The zero-order chi connectivity index (χ0) is 24.0. The van der Waals surface area contributed by atoms with E-state index in [1.807, 2.05) is 72.8 Å². The van der Waals surface area contributed by atoms with E-state index in [2.05, 4.69) is 17.4 Å². The molecule has 37 heavy (non-hydrogen) atoms. The lowest BCUT2D eigenvalue weighted by molar-refractivity contribution is 0.306. The number of hydrogen-bond acceptors (Lipinski definition) is 5. The van der Waals surface area contributed by atoms with Crippen molar-refractivity contribution in [3.8, 4) is 5.75 Å². The summed E-state index contributed by atoms with van der Waals surface area (Å²) in [6.45, 7) is 0.505. The highest BCUT2D eigenvalue weighted by Crippen LogP contribution is 2.29. The third-order valence-electron chi connectivity index (χ3n) is 6.37. The second-order valence-electron chi connectivity index (χ2n) is 8.97. The normalized spacial score (nSPS) is 17.1. The lowest BCUT2D eigenvalue weighted by Gasteiger charge is -2.30. The van der Waals surface area contributed by atoms with Crippen molar-refractivity contribution in [2.75, 3.05) is 5.32 Å². The first kappa shape index (κ1) is 28.7. The van der Waals surface area contributed by atoms with Crippen LogP contribution in [0, 0.1) is 0 Å². The molecule has 5 rings (SSSR count). The van der Waals surface area contributed by atoms with E-state index in [1.54, 1.807) is 0 Å². The highest BCUT2D eigenvalue weighted by atomic mass is 35.5. The van der Waals surface area contributed by atoms with Crippen LogP contribution < -0.4 is 15.8 Å². The molecule has 1 aromatic heterocycles. The number of nitrogens with one attached hydrogen (secondary N) is 1. The molecule has 3 N–H and O–H groups in total. The summed E-state index contributed by atoms with van der Waals surface area (Å²) >= 11 is 6.01. The van der Waals surface area contributed by atoms with Crippen LogP contribution in [0.25, 0.3) is 23.1 Å². The maximum atomic E-state index is 6.44. The number of rotatable bonds is 7. The molecule has 1 aliphatic carbocycles. The number of nitrogens with zero attached hydrogens (tertiary/aromatic N) is 2. The Kier molecular flexibility index (Phi) is 10.6. The Bertz CT molecular complexity index is 1320. The number of benzene rings is 3. The van der Waals surface area contributed by atoms with Crippen molar-refractivity contribution in [3.05, 3.63) is 94.8 Å². The molecule has 0 bridgehead atoms. The average Bonchev–Trinajstić information content (AvgIpc) is 2.89. The lowest BCUT2D eigenvalue weighted by Crippen LogP contribution is -2.42. The quantitative estimate of drug-likeness (QED) is 0.245. The minimum Gasteiger partial charge on any atom is -0.489 e. The largest absolute Gasteiger partial charge is 0.489 e. The molecule has 3 aromatic carbocycles. The maximum absolute atomic E-state index is 6.44. The first-order chi connectivity index (χ1) is 17.1. The summed E-state index contributed by atoms with van der Waals surface area (Å²) in [5, 5.41) is 5.28. The standard InChI is InChI=1S/C29H29ClN4O.2ClH/c30-22-13-10-20(11-14-22)12-17-28-32-26-16-15-23(35-19-21-6-2-1-3-7-21)18-24(26)29(34-28)33-27-9-5-4-8-25(27)31;;/h1-3,6-7,10-18,25,27H,4-5,8-9,19,31H2,(H,32,33,34);2*1H/b17-12+;;. The van der Waals surface area contributed by atoms with E-state index in [-0.39, 0.29) is 36.9 Å². The van der Waals surface area contributed by atoms with E-state index >= 15 is 0 Å². The van der Waals surface area contributed by atoms with Gasteiger partial charge in [0, 0.05) is 22.5 Å². The van der Waals surface area contributed by atoms with Crippen molar-refractivity contribution >= 4 is 65.3 Å². The Morgan fingerprint density at radius 2 is 1.68 bits per heavy atom. The SMILES string of the molecule is Cl.Cl.NC1CCCCC1Nc1nc(/C=C/c2ccc(Cl)cc2)nc2ccc(OCc3ccccc3)cc12. The number of halogens is 3. The second-order valence-corrected chi connectivity index (χ2v) is 9.40. The van der Waals surface area contributed by atoms with E-state index in [4.69, 9.17) is 32.0 Å². The van der Waals surface area contributed by atoms with Crippen molar-refractivity contribution in [1.82, 2.24) is 9.97 Å². The van der Waals surface area contributed by atoms with Crippen molar-refractivity contribution in [1.29, 1.82) is 0 Å². The van der Waals surface area contributed by atoms with E-state index in [0.29, 0.717) is 17.5 Å². The summed E-state index contributed by atoms with van der Waals surface area (Å²) in [6.07, 6.45) is 8.32. The third kappa shape index (κ3) is 7.59. The molecular formula is C29H31Cl3N4O. The number of aromatic nitrogens is 2. The molecule has 0 saturated heterocycles. The summed E-state index contributed by atoms with van der Waals surface area (Å²) in [6, 6.07) is 24.1. The summed E-state index contributed by atoms with van der Waals surface area (Å²) in [5.74, 6) is 2.21. The Hall–Kier alpha value is -2.83. The van der Waals surface area contributed by atoms with E-state index in [9.17, 15) is 0 Å². The van der Waals surface area contributed by atoms with Crippen LogP contribution in [0.3, 0.4) is 0 Å². The van der Waals surface area contributed by atoms with Gasteiger partial charge in [0.1, 0.15) is 18.2 Å². The van der Waals surface area contributed by atoms with Gasteiger partial charge in [-0.1, -0.05) is 73.0 Å². The van der Waals surface area contributed by atoms with Gasteiger partial charge in [-0.25, -0.2) is 9.97 Å². The molecule has 2 unspecified atom stereocenters. The first-order valence-electron chi connectivity index (χ1n) is 12.1. The molecule has 0 radical (unpaired) electrons. The molecule has 0 spiro atoms. The van der Waals surface area contributed by atoms with Crippen LogP contribution in [0.1, 0.15) is 42.6 Å². The predicted octanol–water partition coefficient (Wildman–Crippen LogP) is 7.56. The van der Waals surface area contributed by atoms with Crippen molar-refractivity contribution in [2.24, 2.45) is 5.73 Å². The molecule has 8 heteroatoms. The number of anilines is 1. The molecule has 0 aliphatic heterocycles. The van der Waals surface area contributed by atoms with Crippen LogP contribution in [0.15, 0.2) is 72.8 Å². The minimum absolute atomic E-state index is 0. The van der Waals surface area contributed by atoms with Gasteiger partial charge in [0.2, 0.25) is 0 Å². The zero-order valence-corrected chi connectivity index (χ0v) is 22.7. The molecule has 0 amide bonds. The third-order valence-corrected chi connectivity index (χ3v) is 6.62. The summed E-state index contributed by atoms with van der Waals surface area (Å²) in [5.41, 5.74) is 9.46. The molecule has 1 aliphatic rings. The Morgan fingerprint density at radius 3 is 2.43 bits per heavy atom. The Labute approximate surface area is 235 Å². The van der Waals surface area contributed by atoms with Gasteiger partial charge in [-0.15, -0.1) is 24.8 Å². The molecular weight excluding hydrogens is 527 g/mol. The van der Waals surface area contributed by atoms with Gasteiger partial charge >= 0.3 is 0 Å². The molecule has 2 atom stereocenters. The fraction of sp³-hybridized carbons (Fsp3) is 0.241. The fourth-order valence-electron chi connectivity index (χ4n) is 4.40. The molecule has 1 fully saturated rings. The van der Waals surface area contributed by atoms with Gasteiger partial charge in [-0.3, -0.25) is 0 Å². The van der Waals surface area contributed by atoms with Crippen LogP contribution in [-0.4, -0.2) is 22.1 Å². The highest BCUT2D eigenvalue weighted by molar-refractivity contribution is 6.30. The van der Waals surface area contributed by atoms with Crippen LogP contribution in [0.5, 0.6) is 5.75 Å².